The summed E-state index contributed by atoms with van der Waals surface area (Å²) in [4.78, 5) is 25.9. The average Bonchev–Trinajstić information content (AvgIpc) is 2.46. The van der Waals surface area contributed by atoms with Crippen LogP contribution in [0.25, 0.3) is 0 Å². The maximum Gasteiger partial charge on any atom is 0.245 e. The minimum Gasteiger partial charge on any atom is -0.380 e. The molecule has 0 aliphatic carbocycles. The maximum atomic E-state index is 12.5. The predicted molar refractivity (Wildman–Crippen MR) is 73.7 cm³/mol. The topological polar surface area (TPSA) is 58.6 Å². The Labute approximate surface area is 115 Å². The van der Waals surface area contributed by atoms with E-state index in [4.69, 9.17) is 4.74 Å². The second kappa shape index (κ2) is 6.89. The molecule has 0 aromatic carbocycles. The van der Waals surface area contributed by atoms with Gasteiger partial charge in [-0.3, -0.25) is 9.59 Å². The zero-order valence-corrected chi connectivity index (χ0v) is 12.5. The molecule has 1 unspecified atom stereocenters. The largest absolute Gasteiger partial charge is 0.380 e. The molecule has 5 heteroatoms. The van der Waals surface area contributed by atoms with Gasteiger partial charge in [-0.15, -0.1) is 0 Å². The van der Waals surface area contributed by atoms with E-state index in [9.17, 15) is 9.59 Å². The van der Waals surface area contributed by atoms with Crippen molar-refractivity contribution in [1.82, 2.24) is 10.2 Å². The van der Waals surface area contributed by atoms with E-state index < -0.39 is 6.04 Å². The van der Waals surface area contributed by atoms with Crippen LogP contribution in [-0.4, -0.2) is 49.1 Å². The highest BCUT2D eigenvalue weighted by Crippen LogP contribution is 2.22. The Morgan fingerprint density at radius 2 is 2.00 bits per heavy atom. The Morgan fingerprint density at radius 1 is 1.32 bits per heavy atom. The molecule has 1 N–H and O–H groups in total. The first-order valence-corrected chi connectivity index (χ1v) is 7.02. The standard InChI is InChI=1S/C14H26N2O3/c1-5-9-19-10-8-16-7-6-11(17)15-12(13(16)18)14(2,3)4/h12H,5-10H2,1-4H3,(H,15,17). The number of hydrogen-bond donors (Lipinski definition) is 1. The maximum absolute atomic E-state index is 12.5. The summed E-state index contributed by atoms with van der Waals surface area (Å²) in [6, 6.07) is -0.450. The van der Waals surface area contributed by atoms with Crippen LogP contribution in [0.5, 0.6) is 0 Å². The van der Waals surface area contributed by atoms with Crippen molar-refractivity contribution in [2.45, 2.75) is 46.6 Å². The third-order valence-electron chi connectivity index (χ3n) is 3.19. The van der Waals surface area contributed by atoms with Crippen LogP contribution in [0.1, 0.15) is 40.5 Å². The van der Waals surface area contributed by atoms with E-state index in [1.807, 2.05) is 20.8 Å². The van der Waals surface area contributed by atoms with E-state index in [1.165, 1.54) is 0 Å². The lowest BCUT2D eigenvalue weighted by Crippen LogP contribution is -2.52. The number of nitrogens with zero attached hydrogens (tertiary/aromatic N) is 1. The highest BCUT2D eigenvalue weighted by Gasteiger charge is 2.37. The molecule has 0 bridgehead atoms. The Balaban J connectivity index is 2.65. The summed E-state index contributed by atoms with van der Waals surface area (Å²) < 4.78 is 5.42. The van der Waals surface area contributed by atoms with Crippen molar-refractivity contribution in [3.8, 4) is 0 Å². The van der Waals surface area contributed by atoms with Crippen LogP contribution in [0.4, 0.5) is 0 Å². The fraction of sp³-hybridized carbons (Fsp3) is 0.857. The molecule has 1 heterocycles. The molecule has 1 fully saturated rings. The SMILES string of the molecule is CCCOCCN1CCC(=O)NC(C(C)(C)C)C1=O. The Kier molecular flexibility index (Phi) is 5.79. The van der Waals surface area contributed by atoms with E-state index in [0.29, 0.717) is 32.7 Å². The normalized spacial score (nSPS) is 21.3. The predicted octanol–water partition coefficient (Wildman–Crippen LogP) is 1.18. The van der Waals surface area contributed by atoms with E-state index in [-0.39, 0.29) is 17.2 Å². The summed E-state index contributed by atoms with van der Waals surface area (Å²) in [5.41, 5.74) is -0.278. The van der Waals surface area contributed by atoms with Gasteiger partial charge in [0.2, 0.25) is 11.8 Å². The molecular weight excluding hydrogens is 244 g/mol. The van der Waals surface area contributed by atoms with Gasteiger partial charge in [-0.1, -0.05) is 27.7 Å². The lowest BCUT2D eigenvalue weighted by atomic mass is 9.86. The molecule has 0 spiro atoms. The monoisotopic (exact) mass is 270 g/mol. The lowest BCUT2D eigenvalue weighted by molar-refractivity contribution is -0.137. The summed E-state index contributed by atoms with van der Waals surface area (Å²) in [6.45, 7) is 10.2. The molecule has 0 radical (unpaired) electrons. The number of amides is 2. The minimum atomic E-state index is -0.450. The van der Waals surface area contributed by atoms with E-state index >= 15 is 0 Å². The van der Waals surface area contributed by atoms with Gasteiger partial charge in [-0.05, 0) is 11.8 Å². The molecule has 0 saturated carbocycles. The van der Waals surface area contributed by atoms with E-state index in [1.54, 1.807) is 4.90 Å². The van der Waals surface area contributed by atoms with Crippen LogP contribution >= 0.6 is 0 Å². The highest BCUT2D eigenvalue weighted by molar-refractivity contribution is 5.90. The van der Waals surface area contributed by atoms with Crippen LogP contribution in [0.2, 0.25) is 0 Å². The van der Waals surface area contributed by atoms with Crippen LogP contribution in [0, 0.1) is 5.41 Å². The fourth-order valence-corrected chi connectivity index (χ4v) is 2.05. The van der Waals surface area contributed by atoms with Gasteiger partial charge in [0.1, 0.15) is 6.04 Å². The first kappa shape index (κ1) is 16.0. The van der Waals surface area contributed by atoms with Crippen molar-refractivity contribution in [3.63, 3.8) is 0 Å². The molecule has 1 saturated heterocycles. The Bertz CT molecular complexity index is 323. The molecule has 19 heavy (non-hydrogen) atoms. The first-order chi connectivity index (χ1) is 8.86. The average molecular weight is 270 g/mol. The Morgan fingerprint density at radius 3 is 2.58 bits per heavy atom. The molecule has 1 aliphatic rings. The summed E-state index contributed by atoms with van der Waals surface area (Å²) in [7, 11) is 0. The van der Waals surface area contributed by atoms with Crippen LogP contribution in [-0.2, 0) is 14.3 Å². The van der Waals surface area contributed by atoms with E-state index in [0.717, 1.165) is 6.42 Å². The van der Waals surface area contributed by atoms with Crippen molar-refractivity contribution in [2.24, 2.45) is 5.41 Å². The first-order valence-electron chi connectivity index (χ1n) is 7.02. The quantitative estimate of drug-likeness (QED) is 0.763. The van der Waals surface area contributed by atoms with Crippen molar-refractivity contribution in [2.75, 3.05) is 26.3 Å². The molecule has 5 nitrogen and oxygen atoms in total. The second-order valence-electron chi connectivity index (χ2n) is 6.05. The Hall–Kier alpha value is -1.10. The molecule has 0 aromatic heterocycles. The molecular formula is C14H26N2O3. The zero-order valence-electron chi connectivity index (χ0n) is 12.5. The smallest absolute Gasteiger partial charge is 0.245 e. The van der Waals surface area contributed by atoms with Gasteiger partial charge < -0.3 is 15.0 Å². The number of nitrogens with one attached hydrogen (secondary N) is 1. The third-order valence-corrected chi connectivity index (χ3v) is 3.19. The van der Waals surface area contributed by atoms with Gasteiger partial charge in [0.25, 0.3) is 0 Å². The minimum absolute atomic E-state index is 0.00144. The summed E-state index contributed by atoms with van der Waals surface area (Å²) in [5, 5.41) is 2.83. The number of carbonyl (C=O) groups excluding carboxylic acids is 2. The molecule has 1 aliphatic heterocycles. The lowest BCUT2D eigenvalue weighted by Gasteiger charge is -2.32. The number of ether oxygens (including phenoxy) is 1. The molecule has 1 rings (SSSR count). The summed E-state index contributed by atoms with van der Waals surface area (Å²) in [5.74, 6) is -0.0521. The second-order valence-corrected chi connectivity index (χ2v) is 6.05. The van der Waals surface area contributed by atoms with Gasteiger partial charge in [-0.25, -0.2) is 0 Å². The zero-order chi connectivity index (χ0) is 14.5. The summed E-state index contributed by atoms with van der Waals surface area (Å²) >= 11 is 0. The van der Waals surface area contributed by atoms with Gasteiger partial charge in [-0.2, -0.15) is 0 Å². The van der Waals surface area contributed by atoms with Crippen molar-refractivity contribution in [3.05, 3.63) is 0 Å². The molecule has 110 valence electrons. The van der Waals surface area contributed by atoms with Crippen molar-refractivity contribution in [1.29, 1.82) is 0 Å². The van der Waals surface area contributed by atoms with Gasteiger partial charge in [0.05, 0.1) is 6.61 Å². The number of hydrogen-bond acceptors (Lipinski definition) is 3. The third kappa shape index (κ3) is 4.82. The molecule has 1 atom stereocenters. The molecule has 0 aromatic rings. The number of rotatable bonds is 5. The van der Waals surface area contributed by atoms with Crippen molar-refractivity contribution < 1.29 is 14.3 Å². The summed E-state index contributed by atoms with van der Waals surface area (Å²) in [6.07, 6.45) is 1.34. The van der Waals surface area contributed by atoms with Crippen molar-refractivity contribution >= 4 is 11.8 Å². The number of carbonyl (C=O) groups is 2. The van der Waals surface area contributed by atoms with Crippen LogP contribution in [0.3, 0.4) is 0 Å². The van der Waals surface area contributed by atoms with E-state index in [2.05, 4.69) is 12.2 Å². The van der Waals surface area contributed by atoms with Gasteiger partial charge in [0.15, 0.2) is 0 Å². The van der Waals surface area contributed by atoms with Gasteiger partial charge >= 0.3 is 0 Å². The fourth-order valence-electron chi connectivity index (χ4n) is 2.05. The highest BCUT2D eigenvalue weighted by atomic mass is 16.5. The van der Waals surface area contributed by atoms with Crippen LogP contribution in [0.15, 0.2) is 0 Å². The molecule has 2 amide bonds. The van der Waals surface area contributed by atoms with Gasteiger partial charge in [0, 0.05) is 26.1 Å². The van der Waals surface area contributed by atoms with Crippen LogP contribution < -0.4 is 5.32 Å².